The van der Waals surface area contributed by atoms with Crippen LogP contribution in [0.2, 0.25) is 0 Å². The van der Waals surface area contributed by atoms with E-state index in [1.807, 2.05) is 0 Å². The summed E-state index contributed by atoms with van der Waals surface area (Å²) < 4.78 is 0. The lowest BCUT2D eigenvalue weighted by molar-refractivity contribution is -1.02. The van der Waals surface area contributed by atoms with E-state index in [0.717, 1.165) is 38.4 Å². The third kappa shape index (κ3) is 5.91. The summed E-state index contributed by atoms with van der Waals surface area (Å²) in [6, 6.07) is 17.1. The monoisotopic (exact) mass is 395 g/mol. The molecule has 0 atom stereocenters. The maximum Gasteiger partial charge on any atom is 0.279 e. The van der Waals surface area contributed by atoms with Crippen molar-refractivity contribution in [3.05, 3.63) is 65.2 Å². The molecule has 0 spiro atoms. The number of nitrogens with one attached hydrogen (secondary N) is 3. The molecule has 3 rings (SSSR count). The van der Waals surface area contributed by atoms with Gasteiger partial charge in [-0.3, -0.25) is 4.79 Å². The van der Waals surface area contributed by atoms with Gasteiger partial charge in [-0.25, -0.2) is 0 Å². The zero-order valence-corrected chi connectivity index (χ0v) is 18.4. The SMILES string of the molecule is CC(C)c1cccc(C(C)C)c1NC(=O)C[NH+]1CC[NH+](Cc2ccccc2)CC1. The van der Waals surface area contributed by atoms with Crippen LogP contribution in [-0.2, 0) is 11.3 Å². The van der Waals surface area contributed by atoms with Crippen molar-refractivity contribution < 1.29 is 14.6 Å². The highest BCUT2D eigenvalue weighted by Crippen LogP contribution is 2.32. The summed E-state index contributed by atoms with van der Waals surface area (Å²) in [7, 11) is 0. The van der Waals surface area contributed by atoms with Crippen LogP contribution in [0.3, 0.4) is 0 Å². The van der Waals surface area contributed by atoms with Gasteiger partial charge < -0.3 is 15.1 Å². The summed E-state index contributed by atoms with van der Waals surface area (Å²) in [5.74, 6) is 0.921. The number of carbonyl (C=O) groups excluding carboxylic acids is 1. The van der Waals surface area contributed by atoms with Crippen molar-refractivity contribution in [2.24, 2.45) is 0 Å². The van der Waals surface area contributed by atoms with Gasteiger partial charge in [0.1, 0.15) is 32.7 Å². The van der Waals surface area contributed by atoms with Gasteiger partial charge in [0.25, 0.3) is 5.91 Å². The highest BCUT2D eigenvalue weighted by atomic mass is 16.2. The van der Waals surface area contributed by atoms with Crippen LogP contribution in [0.4, 0.5) is 5.69 Å². The summed E-state index contributed by atoms with van der Waals surface area (Å²) in [6.45, 7) is 14.8. The van der Waals surface area contributed by atoms with Gasteiger partial charge in [0.05, 0.1) is 0 Å². The first-order valence-electron chi connectivity index (χ1n) is 11.1. The second-order valence-corrected chi connectivity index (χ2v) is 9.01. The van der Waals surface area contributed by atoms with Crippen LogP contribution >= 0.6 is 0 Å². The standard InChI is InChI=1S/C25H35N3O/c1-19(2)22-11-8-12-23(20(3)4)25(22)26-24(29)18-28-15-13-27(14-16-28)17-21-9-6-5-7-10-21/h5-12,19-20H,13-18H2,1-4H3,(H,26,29)/p+2. The Labute approximate surface area is 175 Å². The molecule has 1 aliphatic heterocycles. The number of benzene rings is 2. The minimum Gasteiger partial charge on any atom is -0.322 e. The van der Waals surface area contributed by atoms with Crippen molar-refractivity contribution in [2.45, 2.75) is 46.1 Å². The maximum atomic E-state index is 12.9. The van der Waals surface area contributed by atoms with E-state index in [9.17, 15) is 4.79 Å². The Balaban J connectivity index is 1.56. The molecule has 0 aliphatic carbocycles. The topological polar surface area (TPSA) is 38.0 Å². The van der Waals surface area contributed by atoms with Crippen LogP contribution in [0, 0.1) is 0 Å². The predicted octanol–water partition coefficient (Wildman–Crippen LogP) is 1.86. The molecular formula is C25H37N3O+2. The van der Waals surface area contributed by atoms with Crippen LogP contribution < -0.4 is 15.1 Å². The van der Waals surface area contributed by atoms with E-state index < -0.39 is 0 Å². The Morgan fingerprint density at radius 3 is 1.93 bits per heavy atom. The van der Waals surface area contributed by atoms with Gasteiger partial charge in [-0.15, -0.1) is 0 Å². The number of carbonyl (C=O) groups is 1. The number of rotatable bonds is 7. The van der Waals surface area contributed by atoms with Crippen LogP contribution in [-0.4, -0.2) is 38.6 Å². The zero-order chi connectivity index (χ0) is 20.8. The van der Waals surface area contributed by atoms with Gasteiger partial charge in [-0.2, -0.15) is 0 Å². The number of para-hydroxylation sites is 1. The maximum absolute atomic E-state index is 12.9. The summed E-state index contributed by atoms with van der Waals surface area (Å²) in [6.07, 6.45) is 0. The molecule has 2 aromatic carbocycles. The van der Waals surface area contributed by atoms with Crippen LogP contribution in [0.25, 0.3) is 0 Å². The molecule has 156 valence electrons. The molecule has 0 radical (unpaired) electrons. The highest BCUT2D eigenvalue weighted by molar-refractivity contribution is 5.93. The molecule has 1 amide bonds. The smallest absolute Gasteiger partial charge is 0.279 e. The van der Waals surface area contributed by atoms with E-state index in [0.29, 0.717) is 18.4 Å². The van der Waals surface area contributed by atoms with Crippen LogP contribution in [0.1, 0.15) is 56.2 Å². The Kier molecular flexibility index (Phi) is 7.45. The fourth-order valence-electron chi connectivity index (χ4n) is 4.30. The van der Waals surface area contributed by atoms with Crippen molar-refractivity contribution in [1.82, 2.24) is 0 Å². The molecular weight excluding hydrogens is 358 g/mol. The normalized spacial score (nSPS) is 19.5. The van der Waals surface area contributed by atoms with Crippen molar-refractivity contribution in [2.75, 3.05) is 38.0 Å². The molecule has 4 nitrogen and oxygen atoms in total. The number of quaternary nitrogens is 2. The minimum absolute atomic E-state index is 0.140. The molecule has 0 unspecified atom stereocenters. The Bertz CT molecular complexity index is 767. The van der Waals surface area contributed by atoms with E-state index in [2.05, 4.69) is 81.5 Å². The first-order valence-corrected chi connectivity index (χ1v) is 11.1. The first-order chi connectivity index (χ1) is 13.9. The van der Waals surface area contributed by atoms with Gasteiger partial charge in [-0.1, -0.05) is 76.2 Å². The number of piperazine rings is 1. The lowest BCUT2D eigenvalue weighted by atomic mass is 9.92. The molecule has 1 heterocycles. The summed E-state index contributed by atoms with van der Waals surface area (Å²) >= 11 is 0. The van der Waals surface area contributed by atoms with Gasteiger partial charge in [0.2, 0.25) is 0 Å². The molecule has 0 bridgehead atoms. The lowest BCUT2D eigenvalue weighted by Gasteiger charge is -2.29. The molecule has 2 aromatic rings. The van der Waals surface area contributed by atoms with Gasteiger partial charge in [0, 0.05) is 11.3 Å². The quantitative estimate of drug-likeness (QED) is 0.658. The second-order valence-electron chi connectivity index (χ2n) is 9.01. The van der Waals surface area contributed by atoms with Crippen molar-refractivity contribution >= 4 is 11.6 Å². The number of hydrogen-bond acceptors (Lipinski definition) is 1. The fraction of sp³-hybridized carbons (Fsp3) is 0.480. The van der Waals surface area contributed by atoms with Crippen molar-refractivity contribution in [3.8, 4) is 0 Å². The van der Waals surface area contributed by atoms with Gasteiger partial charge in [0.15, 0.2) is 6.54 Å². The predicted molar refractivity (Wildman–Crippen MR) is 120 cm³/mol. The lowest BCUT2D eigenvalue weighted by Crippen LogP contribution is -3.28. The van der Waals surface area contributed by atoms with E-state index in [-0.39, 0.29) is 5.91 Å². The summed E-state index contributed by atoms with van der Waals surface area (Å²) in [5.41, 5.74) is 4.90. The molecule has 29 heavy (non-hydrogen) atoms. The Morgan fingerprint density at radius 2 is 1.38 bits per heavy atom. The largest absolute Gasteiger partial charge is 0.322 e. The van der Waals surface area contributed by atoms with Gasteiger partial charge in [-0.05, 0) is 23.0 Å². The molecule has 4 heteroatoms. The number of amides is 1. The Hall–Kier alpha value is -2.17. The fourth-order valence-corrected chi connectivity index (χ4v) is 4.30. The van der Waals surface area contributed by atoms with Crippen molar-refractivity contribution in [1.29, 1.82) is 0 Å². The van der Waals surface area contributed by atoms with E-state index in [1.165, 1.54) is 21.6 Å². The zero-order valence-electron chi connectivity index (χ0n) is 18.4. The van der Waals surface area contributed by atoms with E-state index in [4.69, 9.17) is 0 Å². The third-order valence-corrected chi connectivity index (χ3v) is 6.01. The first kappa shape index (κ1) is 21.5. The molecule has 1 saturated heterocycles. The van der Waals surface area contributed by atoms with Crippen molar-refractivity contribution in [3.63, 3.8) is 0 Å². The molecule has 0 saturated carbocycles. The average molecular weight is 396 g/mol. The molecule has 3 N–H and O–H groups in total. The van der Waals surface area contributed by atoms with Crippen LogP contribution in [0.15, 0.2) is 48.5 Å². The second kappa shape index (κ2) is 10.0. The summed E-state index contributed by atoms with van der Waals surface area (Å²) in [4.78, 5) is 15.9. The van der Waals surface area contributed by atoms with Gasteiger partial charge >= 0.3 is 0 Å². The molecule has 1 aliphatic rings. The third-order valence-electron chi connectivity index (χ3n) is 6.01. The molecule has 0 aromatic heterocycles. The molecule has 1 fully saturated rings. The summed E-state index contributed by atoms with van der Waals surface area (Å²) in [5, 5.41) is 3.27. The Morgan fingerprint density at radius 1 is 0.828 bits per heavy atom. The number of hydrogen-bond donors (Lipinski definition) is 3. The average Bonchev–Trinajstić information content (AvgIpc) is 2.70. The van der Waals surface area contributed by atoms with E-state index >= 15 is 0 Å². The van der Waals surface area contributed by atoms with Crippen LogP contribution in [0.5, 0.6) is 0 Å². The minimum atomic E-state index is 0.140. The van der Waals surface area contributed by atoms with E-state index in [1.54, 1.807) is 4.90 Å². The number of anilines is 1. The highest BCUT2D eigenvalue weighted by Gasteiger charge is 2.25.